The van der Waals surface area contributed by atoms with Crippen molar-refractivity contribution in [2.45, 2.75) is 13.1 Å². The summed E-state index contributed by atoms with van der Waals surface area (Å²) in [6, 6.07) is 0. The average molecular weight is 165 g/mol. The Hall–Kier alpha value is -1.65. The number of nitrogens with zero attached hydrogens (tertiary/aromatic N) is 3. The smallest absolute Gasteiger partial charge is 0.408 e. The van der Waals surface area contributed by atoms with Gasteiger partial charge in [0.1, 0.15) is 0 Å². The second-order valence-corrected chi connectivity index (χ2v) is 2.59. The summed E-state index contributed by atoms with van der Waals surface area (Å²) in [5, 5.41) is 8.66. The van der Waals surface area contributed by atoms with Crippen LogP contribution in [0.3, 0.4) is 0 Å². The lowest BCUT2D eigenvalue weighted by Gasteiger charge is -2.07. The van der Waals surface area contributed by atoms with Gasteiger partial charge in [0, 0.05) is 12.4 Å². The molecule has 5 heteroatoms. The summed E-state index contributed by atoms with van der Waals surface area (Å²) in [5.74, 6) is 0. The molecule has 0 unspecified atom stereocenters. The molecule has 2 heterocycles. The maximum Gasteiger partial charge on any atom is 0.408 e. The molecular formula is C7H7N3O2. The number of rotatable bonds is 0. The van der Waals surface area contributed by atoms with Crippen LogP contribution in [-0.2, 0) is 13.1 Å². The highest BCUT2D eigenvalue weighted by Crippen LogP contribution is 2.17. The summed E-state index contributed by atoms with van der Waals surface area (Å²) in [5.41, 5.74) is 1.53. The minimum atomic E-state index is -0.921. The molecule has 5 nitrogen and oxygen atoms in total. The second kappa shape index (κ2) is 2.44. The van der Waals surface area contributed by atoms with Gasteiger partial charge in [-0.05, 0) is 0 Å². The van der Waals surface area contributed by atoms with Crippen molar-refractivity contribution in [3.63, 3.8) is 0 Å². The summed E-state index contributed by atoms with van der Waals surface area (Å²) >= 11 is 0. The molecule has 0 aliphatic carbocycles. The van der Waals surface area contributed by atoms with Crippen LogP contribution in [0.5, 0.6) is 0 Å². The zero-order valence-electron chi connectivity index (χ0n) is 6.27. The van der Waals surface area contributed by atoms with Gasteiger partial charge in [-0.1, -0.05) is 0 Å². The number of hydrogen-bond donors (Lipinski definition) is 1. The Labute approximate surface area is 68.7 Å². The number of aromatic nitrogens is 2. The van der Waals surface area contributed by atoms with Crippen molar-refractivity contribution in [3.05, 3.63) is 23.8 Å². The van der Waals surface area contributed by atoms with Crippen LogP contribution in [0.1, 0.15) is 11.4 Å². The van der Waals surface area contributed by atoms with Gasteiger partial charge >= 0.3 is 6.09 Å². The fourth-order valence-corrected chi connectivity index (χ4v) is 1.21. The molecule has 0 saturated heterocycles. The van der Waals surface area contributed by atoms with Crippen LogP contribution in [0.4, 0.5) is 4.79 Å². The van der Waals surface area contributed by atoms with E-state index in [0.717, 1.165) is 11.4 Å². The van der Waals surface area contributed by atoms with E-state index in [1.807, 2.05) is 0 Å². The van der Waals surface area contributed by atoms with Crippen LogP contribution in [0, 0.1) is 0 Å². The summed E-state index contributed by atoms with van der Waals surface area (Å²) in [7, 11) is 0. The van der Waals surface area contributed by atoms with E-state index in [1.54, 1.807) is 12.4 Å². The molecular weight excluding hydrogens is 158 g/mol. The quantitative estimate of drug-likeness (QED) is 0.606. The van der Waals surface area contributed by atoms with Gasteiger partial charge in [-0.2, -0.15) is 0 Å². The van der Waals surface area contributed by atoms with Gasteiger partial charge in [0.15, 0.2) is 0 Å². The van der Waals surface area contributed by atoms with Gasteiger partial charge in [0.25, 0.3) is 0 Å². The minimum absolute atomic E-state index is 0.360. The zero-order chi connectivity index (χ0) is 8.55. The number of fused-ring (bicyclic) bond motifs is 1. The van der Waals surface area contributed by atoms with Crippen molar-refractivity contribution in [1.82, 2.24) is 14.9 Å². The predicted molar refractivity (Wildman–Crippen MR) is 39.3 cm³/mol. The lowest BCUT2D eigenvalue weighted by molar-refractivity contribution is 0.144. The molecule has 1 N–H and O–H groups in total. The van der Waals surface area contributed by atoms with Gasteiger partial charge in [-0.15, -0.1) is 0 Å². The number of amides is 1. The molecule has 12 heavy (non-hydrogen) atoms. The first kappa shape index (κ1) is 7.02. The van der Waals surface area contributed by atoms with Crippen molar-refractivity contribution >= 4 is 6.09 Å². The predicted octanol–water partition coefficient (Wildman–Crippen LogP) is 0.470. The number of hydrogen-bond acceptors (Lipinski definition) is 3. The lowest BCUT2D eigenvalue weighted by Crippen LogP contribution is -2.22. The highest BCUT2D eigenvalue weighted by Gasteiger charge is 2.24. The van der Waals surface area contributed by atoms with E-state index in [9.17, 15) is 4.79 Å². The fourth-order valence-electron chi connectivity index (χ4n) is 1.21. The molecule has 0 aromatic carbocycles. The third-order valence-corrected chi connectivity index (χ3v) is 1.81. The molecule has 0 saturated carbocycles. The molecule has 2 rings (SSSR count). The Morgan fingerprint density at radius 2 is 1.83 bits per heavy atom. The molecule has 0 fully saturated rings. The maximum absolute atomic E-state index is 10.5. The van der Waals surface area contributed by atoms with E-state index in [1.165, 1.54) is 4.90 Å². The van der Waals surface area contributed by atoms with Crippen LogP contribution >= 0.6 is 0 Å². The lowest BCUT2D eigenvalue weighted by atomic mass is 10.4. The van der Waals surface area contributed by atoms with Gasteiger partial charge < -0.3 is 5.11 Å². The van der Waals surface area contributed by atoms with E-state index in [0.29, 0.717) is 13.1 Å². The average Bonchev–Trinajstić information content (AvgIpc) is 2.46. The molecule has 0 radical (unpaired) electrons. The summed E-state index contributed by atoms with van der Waals surface area (Å²) in [4.78, 5) is 19.9. The first-order chi connectivity index (χ1) is 5.77. The third-order valence-electron chi connectivity index (χ3n) is 1.81. The zero-order valence-corrected chi connectivity index (χ0v) is 6.27. The van der Waals surface area contributed by atoms with Crippen molar-refractivity contribution < 1.29 is 9.90 Å². The van der Waals surface area contributed by atoms with Gasteiger partial charge in [-0.25, -0.2) is 4.79 Å². The van der Waals surface area contributed by atoms with Crippen LogP contribution in [0.15, 0.2) is 12.4 Å². The van der Waals surface area contributed by atoms with E-state index >= 15 is 0 Å². The van der Waals surface area contributed by atoms with E-state index in [2.05, 4.69) is 9.97 Å². The van der Waals surface area contributed by atoms with Crippen LogP contribution in [-0.4, -0.2) is 26.1 Å². The first-order valence-corrected chi connectivity index (χ1v) is 3.54. The topological polar surface area (TPSA) is 66.3 Å². The van der Waals surface area contributed by atoms with E-state index in [4.69, 9.17) is 5.11 Å². The molecule has 0 atom stereocenters. The Morgan fingerprint density at radius 1 is 1.33 bits per heavy atom. The summed E-state index contributed by atoms with van der Waals surface area (Å²) in [6.07, 6.45) is 2.23. The van der Waals surface area contributed by atoms with Crippen LogP contribution in [0.2, 0.25) is 0 Å². The Bertz CT molecular complexity index is 301. The van der Waals surface area contributed by atoms with Crippen LogP contribution < -0.4 is 0 Å². The van der Waals surface area contributed by atoms with Crippen LogP contribution in [0.25, 0.3) is 0 Å². The SMILES string of the molecule is O=C(O)N1Cc2nccnc2C1. The minimum Gasteiger partial charge on any atom is -0.465 e. The monoisotopic (exact) mass is 165 g/mol. The first-order valence-electron chi connectivity index (χ1n) is 3.54. The van der Waals surface area contributed by atoms with Crippen molar-refractivity contribution in [2.24, 2.45) is 0 Å². The number of carbonyl (C=O) groups is 1. The molecule has 0 bridgehead atoms. The fraction of sp³-hybridized carbons (Fsp3) is 0.286. The number of carboxylic acid groups (broad SMARTS) is 1. The Kier molecular flexibility index (Phi) is 1.43. The summed E-state index contributed by atoms with van der Waals surface area (Å²) in [6.45, 7) is 0.719. The molecule has 1 aromatic rings. The third kappa shape index (κ3) is 0.990. The molecule has 1 aliphatic rings. The summed E-state index contributed by atoms with van der Waals surface area (Å²) < 4.78 is 0. The highest BCUT2D eigenvalue weighted by atomic mass is 16.4. The van der Waals surface area contributed by atoms with Gasteiger partial charge in [0.05, 0.1) is 24.5 Å². The maximum atomic E-state index is 10.5. The van der Waals surface area contributed by atoms with Gasteiger partial charge in [-0.3, -0.25) is 14.9 Å². The molecule has 62 valence electrons. The van der Waals surface area contributed by atoms with E-state index in [-0.39, 0.29) is 0 Å². The Balaban J connectivity index is 2.27. The normalized spacial score (nSPS) is 14.5. The van der Waals surface area contributed by atoms with Crippen molar-refractivity contribution in [3.8, 4) is 0 Å². The molecule has 1 aliphatic heterocycles. The van der Waals surface area contributed by atoms with E-state index < -0.39 is 6.09 Å². The van der Waals surface area contributed by atoms with Crippen molar-refractivity contribution in [1.29, 1.82) is 0 Å². The molecule has 1 amide bonds. The molecule has 1 aromatic heterocycles. The second-order valence-electron chi connectivity index (χ2n) is 2.59. The van der Waals surface area contributed by atoms with Crippen molar-refractivity contribution in [2.75, 3.05) is 0 Å². The van der Waals surface area contributed by atoms with Gasteiger partial charge in [0.2, 0.25) is 0 Å². The molecule has 0 spiro atoms. The highest BCUT2D eigenvalue weighted by molar-refractivity contribution is 5.65. The Morgan fingerprint density at radius 3 is 2.25 bits per heavy atom. The largest absolute Gasteiger partial charge is 0.465 e. The standard InChI is InChI=1S/C7H7N3O2/c11-7(12)10-3-5-6(4-10)9-2-1-8-5/h1-2H,3-4H2,(H,11,12).